The average molecular weight is 540 g/mol. The first-order chi connectivity index (χ1) is 14.7. The topological polar surface area (TPSA) is 67.4 Å². The minimum atomic E-state index is 0. The van der Waals surface area contributed by atoms with Gasteiger partial charge in [-0.3, -0.25) is 9.89 Å². The number of ether oxygens (including phenoxy) is 3. The molecule has 0 bridgehead atoms. The number of guanidine groups is 1. The number of benzene rings is 2. The van der Waals surface area contributed by atoms with Gasteiger partial charge in [-0.05, 0) is 30.2 Å². The Morgan fingerprint density at radius 1 is 1.10 bits per heavy atom. The number of nitrogens with zero attached hydrogens (tertiary/aromatic N) is 2. The lowest BCUT2D eigenvalue weighted by Gasteiger charge is -2.27. The Balaban J connectivity index is 0.00000341. The van der Waals surface area contributed by atoms with Crippen molar-refractivity contribution in [3.8, 4) is 11.5 Å². The maximum absolute atomic E-state index is 5.66. The fourth-order valence-corrected chi connectivity index (χ4v) is 3.40. The van der Waals surface area contributed by atoms with E-state index >= 15 is 0 Å². The molecule has 0 atom stereocenters. The Hall–Kier alpha value is -2.04. The van der Waals surface area contributed by atoms with E-state index < -0.39 is 0 Å². The van der Waals surface area contributed by atoms with Crippen LogP contribution in [0.5, 0.6) is 11.5 Å². The van der Waals surface area contributed by atoms with Crippen LogP contribution in [0.2, 0.25) is 0 Å². The number of hydrogen-bond donors (Lipinski definition) is 2. The molecule has 1 aliphatic heterocycles. The van der Waals surface area contributed by atoms with Crippen LogP contribution in [-0.4, -0.2) is 57.9 Å². The van der Waals surface area contributed by atoms with Crippen molar-refractivity contribution >= 4 is 35.6 Å². The summed E-state index contributed by atoms with van der Waals surface area (Å²) < 4.78 is 16.5. The Kier molecular flexibility index (Phi) is 10.9. The maximum Gasteiger partial charge on any atom is 0.195 e. The van der Waals surface area contributed by atoms with Crippen molar-refractivity contribution in [2.45, 2.75) is 20.0 Å². The van der Waals surface area contributed by atoms with Gasteiger partial charge in [0, 0.05) is 45.0 Å². The molecule has 2 aromatic carbocycles. The van der Waals surface area contributed by atoms with E-state index in [4.69, 9.17) is 14.2 Å². The number of nitrogens with one attached hydrogen (secondary N) is 2. The second-order valence-electron chi connectivity index (χ2n) is 7.01. The summed E-state index contributed by atoms with van der Waals surface area (Å²) in [6.45, 7) is 7.72. The maximum atomic E-state index is 5.66. The summed E-state index contributed by atoms with van der Waals surface area (Å²) in [4.78, 5) is 6.79. The van der Waals surface area contributed by atoms with Gasteiger partial charge in [-0.2, -0.15) is 0 Å². The van der Waals surface area contributed by atoms with Gasteiger partial charge in [-0.25, -0.2) is 0 Å². The van der Waals surface area contributed by atoms with Crippen molar-refractivity contribution in [1.82, 2.24) is 10.2 Å². The Morgan fingerprint density at radius 3 is 2.52 bits per heavy atom. The highest BCUT2D eigenvalue weighted by Crippen LogP contribution is 2.30. The van der Waals surface area contributed by atoms with Crippen LogP contribution < -0.4 is 20.1 Å². The molecule has 2 aromatic rings. The van der Waals surface area contributed by atoms with Crippen LogP contribution in [0.25, 0.3) is 0 Å². The number of methoxy groups -OCH3 is 1. The Labute approximate surface area is 202 Å². The Morgan fingerprint density at radius 2 is 1.84 bits per heavy atom. The highest BCUT2D eigenvalue weighted by Gasteiger charge is 2.13. The van der Waals surface area contributed by atoms with Gasteiger partial charge in [0.05, 0.1) is 26.9 Å². The van der Waals surface area contributed by atoms with E-state index in [1.807, 2.05) is 25.1 Å². The molecular formula is C23H33IN4O3. The van der Waals surface area contributed by atoms with Crippen molar-refractivity contribution in [2.75, 3.05) is 52.4 Å². The van der Waals surface area contributed by atoms with E-state index in [0.29, 0.717) is 30.6 Å². The molecule has 1 fully saturated rings. The van der Waals surface area contributed by atoms with Crippen LogP contribution in [0.4, 0.5) is 5.69 Å². The quantitative estimate of drug-likeness (QED) is 0.302. The second kappa shape index (κ2) is 13.4. The number of hydrogen-bond acceptors (Lipinski definition) is 5. The van der Waals surface area contributed by atoms with Crippen molar-refractivity contribution in [3.05, 3.63) is 53.6 Å². The Bertz CT molecular complexity index is 841. The van der Waals surface area contributed by atoms with Crippen molar-refractivity contribution in [3.63, 3.8) is 0 Å². The SMILES string of the molecule is CCOc1cc(NC(=NC)NCc2ccccc2CN2CCOCC2)ccc1OC.I. The zero-order valence-corrected chi connectivity index (χ0v) is 20.8. The van der Waals surface area contributed by atoms with Crippen LogP contribution in [0.15, 0.2) is 47.5 Å². The number of rotatable bonds is 8. The summed E-state index contributed by atoms with van der Waals surface area (Å²) in [5.41, 5.74) is 3.47. The fraction of sp³-hybridized carbons (Fsp3) is 0.435. The van der Waals surface area contributed by atoms with Crippen LogP contribution in [-0.2, 0) is 17.8 Å². The third-order valence-corrected chi connectivity index (χ3v) is 5.01. The molecule has 3 rings (SSSR count). The van der Waals surface area contributed by atoms with E-state index in [0.717, 1.165) is 38.5 Å². The molecule has 0 aromatic heterocycles. The van der Waals surface area contributed by atoms with Crippen LogP contribution in [0, 0.1) is 0 Å². The predicted molar refractivity (Wildman–Crippen MR) is 136 cm³/mol. The lowest BCUT2D eigenvalue weighted by atomic mass is 10.1. The molecule has 1 saturated heterocycles. The van der Waals surface area contributed by atoms with Gasteiger partial charge in [0.1, 0.15) is 0 Å². The highest BCUT2D eigenvalue weighted by atomic mass is 127. The molecule has 1 aliphatic rings. The highest BCUT2D eigenvalue weighted by molar-refractivity contribution is 14.0. The van der Waals surface area contributed by atoms with E-state index in [9.17, 15) is 0 Å². The summed E-state index contributed by atoms with van der Waals surface area (Å²) >= 11 is 0. The molecule has 0 radical (unpaired) electrons. The van der Waals surface area contributed by atoms with E-state index in [2.05, 4.69) is 44.8 Å². The van der Waals surface area contributed by atoms with E-state index in [1.54, 1.807) is 14.2 Å². The average Bonchev–Trinajstić information content (AvgIpc) is 2.78. The fourth-order valence-electron chi connectivity index (χ4n) is 3.40. The molecule has 0 unspecified atom stereocenters. The van der Waals surface area contributed by atoms with Gasteiger partial charge >= 0.3 is 0 Å². The molecular weight excluding hydrogens is 507 g/mol. The lowest BCUT2D eigenvalue weighted by Crippen LogP contribution is -2.36. The zero-order chi connectivity index (χ0) is 21.2. The van der Waals surface area contributed by atoms with E-state index in [1.165, 1.54) is 11.1 Å². The standard InChI is InChI=1S/C23H32N4O3.HI/c1-4-30-22-15-20(9-10-21(22)28-3)26-23(24-2)25-16-18-7-5-6-8-19(18)17-27-11-13-29-14-12-27;/h5-10,15H,4,11-14,16-17H2,1-3H3,(H2,24,25,26);1H. The van der Waals surface area contributed by atoms with Crippen LogP contribution in [0.3, 0.4) is 0 Å². The number of anilines is 1. The molecule has 0 aliphatic carbocycles. The van der Waals surface area contributed by atoms with Gasteiger partial charge < -0.3 is 24.8 Å². The van der Waals surface area contributed by atoms with Gasteiger partial charge in [-0.15, -0.1) is 24.0 Å². The molecule has 31 heavy (non-hydrogen) atoms. The van der Waals surface area contributed by atoms with Crippen LogP contribution in [0.1, 0.15) is 18.1 Å². The first-order valence-corrected chi connectivity index (χ1v) is 10.4. The van der Waals surface area contributed by atoms with Crippen LogP contribution >= 0.6 is 24.0 Å². The van der Waals surface area contributed by atoms with Crippen molar-refractivity contribution in [1.29, 1.82) is 0 Å². The predicted octanol–water partition coefficient (Wildman–Crippen LogP) is 3.73. The molecule has 0 spiro atoms. The minimum absolute atomic E-state index is 0. The smallest absolute Gasteiger partial charge is 0.195 e. The minimum Gasteiger partial charge on any atom is -0.493 e. The molecule has 170 valence electrons. The van der Waals surface area contributed by atoms with E-state index in [-0.39, 0.29) is 24.0 Å². The number of halogens is 1. The summed E-state index contributed by atoms with van der Waals surface area (Å²) in [5.74, 6) is 2.11. The molecule has 7 nitrogen and oxygen atoms in total. The van der Waals surface area contributed by atoms with Crippen molar-refractivity contribution < 1.29 is 14.2 Å². The number of aliphatic imine (C=N–C) groups is 1. The normalized spacial score (nSPS) is 14.5. The first-order valence-electron chi connectivity index (χ1n) is 10.4. The second-order valence-corrected chi connectivity index (χ2v) is 7.01. The van der Waals surface area contributed by atoms with Gasteiger partial charge in [0.25, 0.3) is 0 Å². The van der Waals surface area contributed by atoms with Gasteiger partial charge in [-0.1, -0.05) is 24.3 Å². The summed E-state index contributed by atoms with van der Waals surface area (Å²) in [5, 5.41) is 6.74. The first kappa shape index (κ1) is 25.2. The van der Waals surface area contributed by atoms with Gasteiger partial charge in [0.15, 0.2) is 17.5 Å². The molecule has 8 heteroatoms. The lowest BCUT2D eigenvalue weighted by molar-refractivity contribution is 0.0341. The largest absolute Gasteiger partial charge is 0.493 e. The molecule has 0 saturated carbocycles. The monoisotopic (exact) mass is 540 g/mol. The van der Waals surface area contributed by atoms with Gasteiger partial charge in [0.2, 0.25) is 0 Å². The summed E-state index contributed by atoms with van der Waals surface area (Å²) in [6, 6.07) is 14.3. The summed E-state index contributed by atoms with van der Waals surface area (Å²) in [7, 11) is 3.40. The summed E-state index contributed by atoms with van der Waals surface area (Å²) in [6.07, 6.45) is 0. The zero-order valence-electron chi connectivity index (χ0n) is 18.5. The molecule has 0 amide bonds. The van der Waals surface area contributed by atoms with Crippen molar-refractivity contribution in [2.24, 2.45) is 4.99 Å². The molecule has 2 N–H and O–H groups in total. The number of morpholine rings is 1. The third-order valence-electron chi connectivity index (χ3n) is 5.01. The third kappa shape index (κ3) is 7.55. The molecule has 1 heterocycles.